The molecule has 1 N–H and O–H groups in total. The van der Waals surface area contributed by atoms with Crippen molar-refractivity contribution < 1.29 is 0 Å². The third kappa shape index (κ3) is 2.95. The first kappa shape index (κ1) is 14.0. The van der Waals surface area contributed by atoms with E-state index in [9.17, 15) is 0 Å². The van der Waals surface area contributed by atoms with Crippen LogP contribution < -0.4 is 5.32 Å². The maximum atomic E-state index is 3.67. The van der Waals surface area contributed by atoms with Gasteiger partial charge in [-0.1, -0.05) is 32.9 Å². The molecule has 1 heterocycles. The summed E-state index contributed by atoms with van der Waals surface area (Å²) in [6, 6.07) is 6.53. The Bertz CT molecular complexity index is 531. The van der Waals surface area contributed by atoms with Gasteiger partial charge in [0.1, 0.15) is 0 Å². The van der Waals surface area contributed by atoms with Crippen LogP contribution in [0.3, 0.4) is 0 Å². The van der Waals surface area contributed by atoms with E-state index in [2.05, 4.69) is 60.2 Å². The van der Waals surface area contributed by atoms with E-state index in [4.69, 9.17) is 0 Å². The molecule has 0 unspecified atom stereocenters. The normalized spacial score (nSPS) is 11.6. The first-order chi connectivity index (χ1) is 8.63. The van der Waals surface area contributed by atoms with Crippen LogP contribution in [-0.2, 0) is 13.0 Å². The third-order valence-corrected chi connectivity index (χ3v) is 5.21. The first-order valence-electron chi connectivity index (χ1n) is 6.53. The predicted molar refractivity (Wildman–Crippen MR) is 85.4 cm³/mol. The molecule has 1 aromatic carbocycles. The van der Waals surface area contributed by atoms with Gasteiger partial charge in [-0.25, -0.2) is 0 Å². The van der Waals surface area contributed by atoms with Crippen LogP contribution in [0.4, 0.5) is 0 Å². The fraction of sp³-hybridized carbons (Fsp3) is 0.467. The van der Waals surface area contributed by atoms with E-state index in [0.29, 0.717) is 5.92 Å². The number of halogens is 1. The van der Waals surface area contributed by atoms with Gasteiger partial charge < -0.3 is 5.32 Å². The molecule has 0 aliphatic carbocycles. The fourth-order valence-corrected chi connectivity index (χ4v) is 4.01. The Balaban J connectivity index is 2.49. The molecular formula is C15H20BrNS. The monoisotopic (exact) mass is 325 g/mol. The van der Waals surface area contributed by atoms with E-state index in [1.807, 2.05) is 11.3 Å². The molecule has 3 heteroatoms. The van der Waals surface area contributed by atoms with Crippen molar-refractivity contribution in [1.29, 1.82) is 0 Å². The second-order valence-electron chi connectivity index (χ2n) is 5.00. The topological polar surface area (TPSA) is 12.0 Å². The van der Waals surface area contributed by atoms with Crippen molar-refractivity contribution in [3.05, 3.63) is 33.1 Å². The van der Waals surface area contributed by atoms with Gasteiger partial charge >= 0.3 is 0 Å². The van der Waals surface area contributed by atoms with Gasteiger partial charge in [0, 0.05) is 20.6 Å². The summed E-state index contributed by atoms with van der Waals surface area (Å²) in [4.78, 5) is 1.49. The average Bonchev–Trinajstić information content (AvgIpc) is 2.66. The lowest BCUT2D eigenvalue weighted by atomic mass is 10.00. The summed E-state index contributed by atoms with van der Waals surface area (Å²) in [5.74, 6) is 0.696. The Morgan fingerprint density at radius 2 is 2.11 bits per heavy atom. The van der Waals surface area contributed by atoms with Gasteiger partial charge in [-0.05, 0) is 51.8 Å². The number of thiophene rings is 1. The van der Waals surface area contributed by atoms with Crippen molar-refractivity contribution >= 4 is 37.4 Å². The Hall–Kier alpha value is -0.380. The Kier molecular flexibility index (Phi) is 4.82. The molecule has 2 aromatic rings. The zero-order chi connectivity index (χ0) is 13.1. The van der Waals surface area contributed by atoms with E-state index in [0.717, 1.165) is 19.5 Å². The minimum atomic E-state index is 0.696. The van der Waals surface area contributed by atoms with Crippen molar-refractivity contribution in [1.82, 2.24) is 5.32 Å². The number of fused-ring (bicyclic) bond motifs is 1. The molecule has 0 fully saturated rings. The van der Waals surface area contributed by atoms with Gasteiger partial charge in [-0.15, -0.1) is 11.3 Å². The third-order valence-electron chi connectivity index (χ3n) is 3.00. The Morgan fingerprint density at radius 3 is 2.78 bits per heavy atom. The molecule has 98 valence electrons. The fourth-order valence-electron chi connectivity index (χ4n) is 2.20. The van der Waals surface area contributed by atoms with Gasteiger partial charge in [0.25, 0.3) is 0 Å². The van der Waals surface area contributed by atoms with Crippen LogP contribution in [-0.4, -0.2) is 6.54 Å². The number of hydrogen-bond donors (Lipinski definition) is 1. The van der Waals surface area contributed by atoms with Crippen molar-refractivity contribution in [3.63, 3.8) is 0 Å². The minimum Gasteiger partial charge on any atom is -0.312 e. The molecule has 0 aliphatic heterocycles. The molecule has 0 spiro atoms. The summed E-state index contributed by atoms with van der Waals surface area (Å²) in [7, 11) is 0. The second-order valence-corrected chi connectivity index (χ2v) is 6.96. The summed E-state index contributed by atoms with van der Waals surface area (Å²) in [6.07, 6.45) is 1.16. The highest BCUT2D eigenvalue weighted by Crippen LogP contribution is 2.37. The quantitative estimate of drug-likeness (QED) is 0.818. The molecule has 18 heavy (non-hydrogen) atoms. The van der Waals surface area contributed by atoms with Crippen LogP contribution in [0, 0.1) is 5.92 Å². The SMILES string of the molecule is CCNCc1sc2c(Br)cccc2c1CC(C)C. The van der Waals surface area contributed by atoms with Gasteiger partial charge in [0.05, 0.1) is 0 Å². The molecular weight excluding hydrogens is 306 g/mol. The molecule has 1 aromatic heterocycles. The summed E-state index contributed by atoms with van der Waals surface area (Å²) in [6.45, 7) is 8.75. The molecule has 0 atom stereocenters. The minimum absolute atomic E-state index is 0.696. The predicted octanol–water partition coefficient (Wildman–Crippen LogP) is 4.97. The maximum Gasteiger partial charge on any atom is 0.0491 e. The van der Waals surface area contributed by atoms with Gasteiger partial charge in [-0.2, -0.15) is 0 Å². The van der Waals surface area contributed by atoms with Crippen LogP contribution in [0.15, 0.2) is 22.7 Å². The van der Waals surface area contributed by atoms with Crippen molar-refractivity contribution in [2.75, 3.05) is 6.54 Å². The van der Waals surface area contributed by atoms with Crippen molar-refractivity contribution in [3.8, 4) is 0 Å². The standard InChI is InChI=1S/C15H20BrNS/c1-4-17-9-14-12(8-10(2)3)11-6-5-7-13(16)15(11)18-14/h5-7,10,17H,4,8-9H2,1-3H3. The van der Waals surface area contributed by atoms with Crippen LogP contribution in [0.25, 0.3) is 10.1 Å². The Labute approximate surface area is 122 Å². The van der Waals surface area contributed by atoms with E-state index in [1.54, 1.807) is 0 Å². The lowest BCUT2D eigenvalue weighted by Gasteiger charge is -2.08. The van der Waals surface area contributed by atoms with E-state index >= 15 is 0 Å². The summed E-state index contributed by atoms with van der Waals surface area (Å²) in [5, 5.41) is 4.88. The van der Waals surface area contributed by atoms with Crippen LogP contribution in [0.5, 0.6) is 0 Å². The lowest BCUT2D eigenvalue weighted by Crippen LogP contribution is -2.12. The largest absolute Gasteiger partial charge is 0.312 e. The molecule has 0 saturated carbocycles. The smallest absolute Gasteiger partial charge is 0.0491 e. The Morgan fingerprint density at radius 1 is 1.33 bits per heavy atom. The van der Waals surface area contributed by atoms with Gasteiger partial charge in [0.2, 0.25) is 0 Å². The maximum absolute atomic E-state index is 3.67. The summed E-state index contributed by atoms with van der Waals surface area (Å²) < 4.78 is 2.61. The number of nitrogens with one attached hydrogen (secondary N) is 1. The summed E-state index contributed by atoms with van der Waals surface area (Å²) >= 11 is 5.59. The first-order valence-corrected chi connectivity index (χ1v) is 8.14. The molecule has 0 saturated heterocycles. The zero-order valence-corrected chi connectivity index (χ0v) is 13.6. The molecule has 0 amide bonds. The van der Waals surface area contributed by atoms with E-state index in [1.165, 1.54) is 25.0 Å². The second kappa shape index (κ2) is 6.18. The zero-order valence-electron chi connectivity index (χ0n) is 11.2. The number of rotatable bonds is 5. The van der Waals surface area contributed by atoms with E-state index < -0.39 is 0 Å². The molecule has 1 nitrogen and oxygen atoms in total. The molecule has 0 radical (unpaired) electrons. The molecule has 0 bridgehead atoms. The summed E-state index contributed by atoms with van der Waals surface area (Å²) in [5.41, 5.74) is 1.53. The van der Waals surface area contributed by atoms with Crippen molar-refractivity contribution in [2.45, 2.75) is 33.7 Å². The van der Waals surface area contributed by atoms with Crippen LogP contribution >= 0.6 is 27.3 Å². The van der Waals surface area contributed by atoms with Crippen molar-refractivity contribution in [2.24, 2.45) is 5.92 Å². The highest BCUT2D eigenvalue weighted by molar-refractivity contribution is 9.10. The average molecular weight is 326 g/mol. The number of benzene rings is 1. The highest BCUT2D eigenvalue weighted by Gasteiger charge is 2.14. The number of hydrogen-bond acceptors (Lipinski definition) is 2. The highest BCUT2D eigenvalue weighted by atomic mass is 79.9. The molecule has 2 rings (SSSR count). The van der Waals surface area contributed by atoms with Crippen LogP contribution in [0.2, 0.25) is 0 Å². The van der Waals surface area contributed by atoms with Crippen LogP contribution in [0.1, 0.15) is 31.2 Å². The molecule has 0 aliphatic rings. The van der Waals surface area contributed by atoms with E-state index in [-0.39, 0.29) is 0 Å². The van der Waals surface area contributed by atoms with Gasteiger partial charge in [-0.3, -0.25) is 0 Å². The van der Waals surface area contributed by atoms with Gasteiger partial charge in [0.15, 0.2) is 0 Å². The lowest BCUT2D eigenvalue weighted by molar-refractivity contribution is 0.641.